The Morgan fingerprint density at radius 3 is 2.44 bits per heavy atom. The topological polar surface area (TPSA) is 131 Å². The smallest absolute Gasteiger partial charge is 0.266 e. The van der Waals surface area contributed by atoms with Gasteiger partial charge in [-0.3, -0.25) is 9.36 Å². The highest BCUT2D eigenvalue weighted by molar-refractivity contribution is 5.90. The molecular formula is C30H24N8O. The molecule has 0 atom stereocenters. The standard InChI is InChI=1S/C30H24N8O/c1-18-8-3-6-13-24(18)38-25(35-22-12-7-9-19(2)26(22)30(38)39)16-37-29-27(28(32)33-17-34-29)23(36-37)15-14-20-10-4-5-11-21(20)31/h3-13,17H,16,31H2,1-2H3,(H2,32,33,34). The van der Waals surface area contributed by atoms with E-state index in [4.69, 9.17) is 21.5 Å². The Morgan fingerprint density at radius 2 is 1.62 bits per heavy atom. The lowest BCUT2D eigenvalue weighted by atomic mass is 10.1. The summed E-state index contributed by atoms with van der Waals surface area (Å²) in [4.78, 5) is 27.5. The van der Waals surface area contributed by atoms with E-state index in [2.05, 4.69) is 21.8 Å². The van der Waals surface area contributed by atoms with Crippen LogP contribution < -0.4 is 17.0 Å². The van der Waals surface area contributed by atoms with E-state index in [1.807, 2.05) is 74.5 Å². The first-order valence-electron chi connectivity index (χ1n) is 12.3. The molecule has 3 heterocycles. The number of aryl methyl sites for hydroxylation is 2. The first-order chi connectivity index (χ1) is 18.9. The molecule has 0 unspecified atom stereocenters. The summed E-state index contributed by atoms with van der Waals surface area (Å²) in [5.74, 6) is 6.92. The van der Waals surface area contributed by atoms with E-state index in [0.717, 1.165) is 16.8 Å². The fourth-order valence-electron chi connectivity index (χ4n) is 4.71. The molecule has 0 bridgehead atoms. The number of para-hydroxylation sites is 2. The zero-order chi connectivity index (χ0) is 27.1. The summed E-state index contributed by atoms with van der Waals surface area (Å²) in [5.41, 5.74) is 17.5. The van der Waals surface area contributed by atoms with Crippen LogP contribution in [0.1, 0.15) is 28.2 Å². The summed E-state index contributed by atoms with van der Waals surface area (Å²) in [6.45, 7) is 4.03. The van der Waals surface area contributed by atoms with Crippen LogP contribution in [0.15, 0.2) is 77.9 Å². The van der Waals surface area contributed by atoms with Gasteiger partial charge in [-0.25, -0.2) is 19.6 Å². The van der Waals surface area contributed by atoms with E-state index in [9.17, 15) is 4.79 Å². The lowest BCUT2D eigenvalue weighted by Crippen LogP contribution is -2.26. The van der Waals surface area contributed by atoms with Crippen molar-refractivity contribution in [2.45, 2.75) is 20.4 Å². The molecule has 0 saturated heterocycles. The summed E-state index contributed by atoms with van der Waals surface area (Å²) >= 11 is 0. The van der Waals surface area contributed by atoms with Gasteiger partial charge < -0.3 is 11.5 Å². The summed E-state index contributed by atoms with van der Waals surface area (Å²) in [5, 5.41) is 5.84. The van der Waals surface area contributed by atoms with Crippen LogP contribution in [-0.4, -0.2) is 29.3 Å². The third kappa shape index (κ3) is 4.14. The van der Waals surface area contributed by atoms with Crippen molar-refractivity contribution >= 4 is 33.4 Å². The number of nitrogen functional groups attached to an aromatic ring is 2. The van der Waals surface area contributed by atoms with Gasteiger partial charge in [0.15, 0.2) is 5.65 Å². The fourth-order valence-corrected chi connectivity index (χ4v) is 4.71. The molecule has 0 saturated carbocycles. The largest absolute Gasteiger partial charge is 0.398 e. The Labute approximate surface area is 223 Å². The monoisotopic (exact) mass is 512 g/mol. The second-order valence-corrected chi connectivity index (χ2v) is 9.23. The van der Waals surface area contributed by atoms with E-state index in [1.54, 1.807) is 15.3 Å². The Balaban J connectivity index is 1.57. The predicted octanol–water partition coefficient (Wildman–Crippen LogP) is 3.75. The average Bonchev–Trinajstić information content (AvgIpc) is 3.27. The minimum absolute atomic E-state index is 0.146. The molecule has 6 aromatic rings. The molecule has 39 heavy (non-hydrogen) atoms. The molecule has 0 fully saturated rings. The minimum Gasteiger partial charge on any atom is -0.398 e. The Morgan fingerprint density at radius 1 is 0.846 bits per heavy atom. The van der Waals surface area contributed by atoms with Crippen LogP contribution in [0.4, 0.5) is 11.5 Å². The van der Waals surface area contributed by atoms with Crippen molar-refractivity contribution in [3.05, 3.63) is 112 Å². The number of anilines is 2. The highest BCUT2D eigenvalue weighted by Crippen LogP contribution is 2.24. The van der Waals surface area contributed by atoms with Gasteiger partial charge in [-0.2, -0.15) is 5.10 Å². The maximum absolute atomic E-state index is 13.9. The van der Waals surface area contributed by atoms with Crippen LogP contribution in [0, 0.1) is 25.7 Å². The number of fused-ring (bicyclic) bond motifs is 2. The molecular weight excluding hydrogens is 488 g/mol. The lowest BCUT2D eigenvalue weighted by molar-refractivity contribution is 0.647. The van der Waals surface area contributed by atoms with Gasteiger partial charge >= 0.3 is 0 Å². The number of nitrogens with two attached hydrogens (primary N) is 2. The van der Waals surface area contributed by atoms with Crippen molar-refractivity contribution in [2.24, 2.45) is 0 Å². The van der Waals surface area contributed by atoms with Crippen LogP contribution in [0.2, 0.25) is 0 Å². The van der Waals surface area contributed by atoms with Gasteiger partial charge in [-0.15, -0.1) is 0 Å². The normalized spacial score (nSPS) is 11.0. The average molecular weight is 513 g/mol. The van der Waals surface area contributed by atoms with E-state index in [1.165, 1.54) is 6.33 Å². The third-order valence-corrected chi connectivity index (χ3v) is 6.66. The zero-order valence-corrected chi connectivity index (χ0v) is 21.4. The quantitative estimate of drug-likeness (QED) is 0.273. The number of hydrogen-bond donors (Lipinski definition) is 2. The fraction of sp³-hybridized carbons (Fsp3) is 0.100. The molecule has 0 aliphatic carbocycles. The number of benzene rings is 3. The molecule has 0 radical (unpaired) electrons. The summed E-state index contributed by atoms with van der Waals surface area (Å²) < 4.78 is 3.31. The number of hydrogen-bond acceptors (Lipinski definition) is 7. The molecule has 0 aliphatic rings. The number of aromatic nitrogens is 6. The van der Waals surface area contributed by atoms with Gasteiger partial charge in [-0.1, -0.05) is 48.4 Å². The van der Waals surface area contributed by atoms with Gasteiger partial charge in [0, 0.05) is 11.3 Å². The SMILES string of the molecule is Cc1ccccc1-n1c(Cn2nc(C#Cc3ccccc3N)c3c(N)ncnc32)nc2cccc(C)c2c1=O. The predicted molar refractivity (Wildman–Crippen MR) is 152 cm³/mol. The first-order valence-corrected chi connectivity index (χ1v) is 12.3. The van der Waals surface area contributed by atoms with Gasteiger partial charge in [0.25, 0.3) is 5.56 Å². The molecule has 0 aliphatic heterocycles. The van der Waals surface area contributed by atoms with Crippen LogP contribution in [0.3, 0.4) is 0 Å². The molecule has 3 aromatic heterocycles. The summed E-state index contributed by atoms with van der Waals surface area (Å²) in [6, 6.07) is 20.7. The van der Waals surface area contributed by atoms with Crippen LogP contribution in [0.25, 0.3) is 27.6 Å². The third-order valence-electron chi connectivity index (χ3n) is 6.66. The molecule has 9 heteroatoms. The number of rotatable bonds is 3. The van der Waals surface area contributed by atoms with Crippen molar-refractivity contribution in [1.29, 1.82) is 0 Å². The van der Waals surface area contributed by atoms with Crippen LogP contribution >= 0.6 is 0 Å². The molecule has 190 valence electrons. The van der Waals surface area contributed by atoms with Crippen molar-refractivity contribution < 1.29 is 0 Å². The molecule has 0 amide bonds. The van der Waals surface area contributed by atoms with Crippen molar-refractivity contribution in [3.8, 4) is 17.5 Å². The van der Waals surface area contributed by atoms with Gasteiger partial charge in [-0.05, 0) is 55.2 Å². The highest BCUT2D eigenvalue weighted by atomic mass is 16.1. The van der Waals surface area contributed by atoms with Crippen molar-refractivity contribution in [3.63, 3.8) is 0 Å². The van der Waals surface area contributed by atoms with Crippen LogP contribution in [-0.2, 0) is 6.54 Å². The van der Waals surface area contributed by atoms with Gasteiger partial charge in [0.05, 0.1) is 22.0 Å². The van der Waals surface area contributed by atoms with E-state index < -0.39 is 0 Å². The summed E-state index contributed by atoms with van der Waals surface area (Å²) in [7, 11) is 0. The van der Waals surface area contributed by atoms with E-state index in [0.29, 0.717) is 44.7 Å². The van der Waals surface area contributed by atoms with Crippen LogP contribution in [0.5, 0.6) is 0 Å². The minimum atomic E-state index is -0.146. The Kier molecular flexibility index (Phi) is 5.77. The Hall–Kier alpha value is -5.49. The molecule has 4 N–H and O–H groups in total. The second kappa shape index (κ2) is 9.43. The van der Waals surface area contributed by atoms with Gasteiger partial charge in [0.1, 0.15) is 30.2 Å². The highest BCUT2D eigenvalue weighted by Gasteiger charge is 2.20. The van der Waals surface area contributed by atoms with Gasteiger partial charge in [0.2, 0.25) is 0 Å². The maximum atomic E-state index is 13.9. The lowest BCUT2D eigenvalue weighted by Gasteiger charge is -2.16. The maximum Gasteiger partial charge on any atom is 0.266 e. The van der Waals surface area contributed by atoms with Crippen molar-refractivity contribution in [1.82, 2.24) is 29.3 Å². The first kappa shape index (κ1) is 23.9. The Bertz CT molecular complexity index is 2030. The molecule has 6 rings (SSSR count). The van der Waals surface area contributed by atoms with E-state index in [-0.39, 0.29) is 17.9 Å². The zero-order valence-electron chi connectivity index (χ0n) is 21.4. The van der Waals surface area contributed by atoms with Crippen molar-refractivity contribution in [2.75, 3.05) is 11.5 Å². The summed E-state index contributed by atoms with van der Waals surface area (Å²) in [6.07, 6.45) is 1.38. The molecule has 3 aromatic carbocycles. The second-order valence-electron chi connectivity index (χ2n) is 9.23. The molecule has 9 nitrogen and oxygen atoms in total. The number of nitrogens with zero attached hydrogens (tertiary/aromatic N) is 6. The molecule has 0 spiro atoms. The van der Waals surface area contributed by atoms with E-state index >= 15 is 0 Å².